The lowest BCUT2D eigenvalue weighted by molar-refractivity contribution is 0.178. The summed E-state index contributed by atoms with van der Waals surface area (Å²) in [6, 6.07) is 9.43. The summed E-state index contributed by atoms with van der Waals surface area (Å²) in [6.45, 7) is 2.56. The second-order valence-corrected chi connectivity index (χ2v) is 7.34. The van der Waals surface area contributed by atoms with Crippen molar-refractivity contribution in [2.24, 2.45) is 0 Å². The Kier molecular flexibility index (Phi) is 3.77. The molecule has 2 aliphatic heterocycles. The van der Waals surface area contributed by atoms with Crippen molar-refractivity contribution in [2.75, 3.05) is 4.90 Å². The molecule has 7 nitrogen and oxygen atoms in total. The second-order valence-electron chi connectivity index (χ2n) is 6.87. The molecule has 28 heavy (non-hydrogen) atoms. The molecule has 1 N–H and O–H groups in total. The van der Waals surface area contributed by atoms with Crippen LogP contribution in [0.1, 0.15) is 31.1 Å². The fourth-order valence-corrected chi connectivity index (χ4v) is 3.96. The van der Waals surface area contributed by atoms with Crippen molar-refractivity contribution in [2.45, 2.75) is 32.5 Å². The lowest BCUT2D eigenvalue weighted by Gasteiger charge is -2.31. The van der Waals surface area contributed by atoms with Gasteiger partial charge in [-0.3, -0.25) is 4.79 Å². The van der Waals surface area contributed by atoms with E-state index in [2.05, 4.69) is 4.98 Å². The number of hydrogen-bond acceptors (Lipinski definition) is 6. The van der Waals surface area contributed by atoms with Crippen LogP contribution >= 0.6 is 12.2 Å². The van der Waals surface area contributed by atoms with Gasteiger partial charge in [0.15, 0.2) is 11.9 Å². The number of hydrogen-bond donors (Lipinski definition) is 1. The molecule has 0 aliphatic carbocycles. The first-order valence-electron chi connectivity index (χ1n) is 9.01. The summed E-state index contributed by atoms with van der Waals surface area (Å²) in [5.41, 5.74) is 1.87. The Morgan fingerprint density at radius 2 is 2.14 bits per heavy atom. The van der Waals surface area contributed by atoms with Crippen LogP contribution in [0.5, 0.6) is 11.5 Å². The maximum atomic E-state index is 12.9. The molecule has 5 rings (SSSR count). The summed E-state index contributed by atoms with van der Waals surface area (Å²) < 4.78 is 13.3. The Balaban J connectivity index is 1.87. The zero-order valence-corrected chi connectivity index (χ0v) is 15.9. The van der Waals surface area contributed by atoms with E-state index >= 15 is 0 Å². The molecule has 0 saturated heterocycles. The Morgan fingerprint density at radius 3 is 3.00 bits per heavy atom. The average molecular weight is 395 g/mol. The molecule has 4 heterocycles. The fourth-order valence-electron chi connectivity index (χ4n) is 3.70. The monoisotopic (exact) mass is 395 g/mol. The van der Waals surface area contributed by atoms with Crippen molar-refractivity contribution in [3.63, 3.8) is 0 Å². The molecule has 0 amide bonds. The first-order chi connectivity index (χ1) is 13.5. The molecule has 142 valence electrons. The summed E-state index contributed by atoms with van der Waals surface area (Å²) in [4.78, 5) is 19.9. The highest BCUT2D eigenvalue weighted by atomic mass is 32.1. The third-order valence-electron chi connectivity index (χ3n) is 5.10. The minimum Gasteiger partial charge on any atom is -0.500 e. The number of ether oxygens (including phenoxy) is 1. The number of aromatic hydroxyl groups is 1. The zero-order valence-electron chi connectivity index (χ0n) is 15.1. The van der Waals surface area contributed by atoms with Crippen LogP contribution in [0.25, 0.3) is 11.3 Å². The van der Waals surface area contributed by atoms with Gasteiger partial charge in [-0.25, -0.2) is 4.98 Å². The van der Waals surface area contributed by atoms with Gasteiger partial charge >= 0.3 is 0 Å². The topological polar surface area (TPSA) is 80.7 Å². The zero-order chi connectivity index (χ0) is 19.4. The predicted octanol–water partition coefficient (Wildman–Crippen LogP) is 3.40. The molecule has 1 unspecified atom stereocenters. The minimum absolute atomic E-state index is 0.105. The number of thiocarbonyl (C=S) groups is 1. The van der Waals surface area contributed by atoms with E-state index in [4.69, 9.17) is 21.4 Å². The third kappa shape index (κ3) is 2.52. The van der Waals surface area contributed by atoms with E-state index in [0.29, 0.717) is 41.8 Å². The minimum atomic E-state index is -0.569. The number of nitrogens with zero attached hydrogens (tertiary/aromatic N) is 3. The molecular weight excluding hydrogens is 378 g/mol. The van der Waals surface area contributed by atoms with E-state index < -0.39 is 17.4 Å². The van der Waals surface area contributed by atoms with Crippen LogP contribution in [0.3, 0.4) is 0 Å². The molecule has 0 radical (unpaired) electrons. The van der Waals surface area contributed by atoms with Crippen molar-refractivity contribution in [3.05, 3.63) is 58.5 Å². The van der Waals surface area contributed by atoms with Gasteiger partial charge in [0.05, 0.1) is 29.1 Å². The Labute approximate surface area is 165 Å². The number of oxazole rings is 1. The largest absolute Gasteiger partial charge is 0.500 e. The lowest BCUT2D eigenvalue weighted by atomic mass is 10.0. The lowest BCUT2D eigenvalue weighted by Crippen LogP contribution is -2.34. The standard InChI is InChI=1S/C20H17N3O4S/c1-11-19-21-9-12(27-19)10-23-14-5-3-2-4-13(14)15-8-16(26-11)18(24)20(25)22(15)7-6-17(23)28/h2-5,8-9,11,24H,6-7,10H2,1H3. The van der Waals surface area contributed by atoms with Gasteiger partial charge < -0.3 is 23.7 Å². The number of aromatic nitrogens is 2. The number of anilines is 1. The van der Waals surface area contributed by atoms with Crippen molar-refractivity contribution in [3.8, 4) is 22.8 Å². The molecule has 0 saturated carbocycles. The Morgan fingerprint density at radius 1 is 1.32 bits per heavy atom. The number of benzene rings is 1. The highest BCUT2D eigenvalue weighted by molar-refractivity contribution is 7.80. The summed E-state index contributed by atoms with van der Waals surface area (Å²) in [7, 11) is 0. The maximum Gasteiger partial charge on any atom is 0.297 e. The first kappa shape index (κ1) is 17.0. The van der Waals surface area contributed by atoms with Crippen molar-refractivity contribution >= 4 is 22.9 Å². The fraction of sp³-hybridized carbons (Fsp3) is 0.250. The molecule has 1 aromatic carbocycles. The quantitative estimate of drug-likeness (QED) is 0.584. The second kappa shape index (κ2) is 6.20. The molecule has 3 aromatic rings. The molecule has 2 aromatic heterocycles. The normalized spacial score (nSPS) is 18.0. The highest BCUT2D eigenvalue weighted by Gasteiger charge is 2.28. The third-order valence-corrected chi connectivity index (χ3v) is 5.52. The highest BCUT2D eigenvalue weighted by Crippen LogP contribution is 2.39. The number of fused-ring (bicyclic) bond motifs is 3. The van der Waals surface area contributed by atoms with Crippen LogP contribution in [0, 0.1) is 0 Å². The van der Waals surface area contributed by atoms with Gasteiger partial charge in [-0.1, -0.05) is 30.4 Å². The van der Waals surface area contributed by atoms with Gasteiger partial charge in [0.2, 0.25) is 11.6 Å². The van der Waals surface area contributed by atoms with Gasteiger partial charge in [-0.15, -0.1) is 0 Å². The molecular formula is C20H17N3O4S. The number of rotatable bonds is 0. The van der Waals surface area contributed by atoms with E-state index in [1.165, 1.54) is 0 Å². The Hall–Kier alpha value is -3.13. The average Bonchev–Trinajstić information content (AvgIpc) is 3.16. The number of para-hydroxylation sites is 1. The van der Waals surface area contributed by atoms with Crippen LogP contribution in [0.15, 0.2) is 45.7 Å². The van der Waals surface area contributed by atoms with E-state index in [0.717, 1.165) is 11.3 Å². The number of pyridine rings is 1. The molecule has 5 bridgehead atoms. The van der Waals surface area contributed by atoms with Crippen LogP contribution in [0.2, 0.25) is 0 Å². The van der Waals surface area contributed by atoms with E-state index in [-0.39, 0.29) is 5.75 Å². The smallest absolute Gasteiger partial charge is 0.297 e. The van der Waals surface area contributed by atoms with Gasteiger partial charge in [-0.05, 0) is 13.0 Å². The Bertz CT molecular complexity index is 1170. The maximum absolute atomic E-state index is 12.9. The van der Waals surface area contributed by atoms with Crippen LogP contribution in [-0.2, 0) is 13.1 Å². The van der Waals surface area contributed by atoms with Crippen LogP contribution < -0.4 is 15.2 Å². The molecule has 1 atom stereocenters. The molecule has 0 spiro atoms. The summed E-state index contributed by atoms with van der Waals surface area (Å²) >= 11 is 5.69. The van der Waals surface area contributed by atoms with Crippen molar-refractivity contribution in [1.82, 2.24) is 9.55 Å². The van der Waals surface area contributed by atoms with Crippen molar-refractivity contribution in [1.29, 1.82) is 0 Å². The van der Waals surface area contributed by atoms with Gasteiger partial charge in [0, 0.05) is 24.6 Å². The summed E-state index contributed by atoms with van der Waals surface area (Å²) in [5, 5.41) is 10.5. The molecule has 8 heteroatoms. The van der Waals surface area contributed by atoms with E-state index in [1.807, 2.05) is 29.2 Å². The SMILES string of the molecule is CC1Oc2cc3n(c(=O)c2O)CCC(=S)N(Cc2cnc1o2)c1ccccc1-3. The van der Waals surface area contributed by atoms with Crippen LogP contribution in [0.4, 0.5) is 5.69 Å². The molecule has 2 aliphatic rings. The van der Waals surface area contributed by atoms with Crippen molar-refractivity contribution < 1.29 is 14.3 Å². The summed E-state index contributed by atoms with van der Waals surface area (Å²) in [5.74, 6) is 0.708. The van der Waals surface area contributed by atoms with Crippen LogP contribution in [-0.4, -0.2) is 19.6 Å². The van der Waals surface area contributed by atoms with Gasteiger partial charge in [0.25, 0.3) is 5.56 Å². The molecule has 0 fully saturated rings. The van der Waals surface area contributed by atoms with Gasteiger partial charge in [-0.2, -0.15) is 0 Å². The van der Waals surface area contributed by atoms with E-state index in [9.17, 15) is 9.90 Å². The summed E-state index contributed by atoms with van der Waals surface area (Å²) in [6.07, 6.45) is 1.57. The van der Waals surface area contributed by atoms with E-state index in [1.54, 1.807) is 23.8 Å². The predicted molar refractivity (Wildman–Crippen MR) is 107 cm³/mol. The van der Waals surface area contributed by atoms with Gasteiger partial charge in [0.1, 0.15) is 5.76 Å². The first-order valence-corrected chi connectivity index (χ1v) is 9.41.